The topological polar surface area (TPSA) is 59.0 Å². The molecule has 0 aromatic carbocycles. The molecule has 0 fully saturated rings. The minimum Gasteiger partial charge on any atom is -0.358 e. The first-order chi connectivity index (χ1) is 7.15. The standard InChI is InChI=1S/C10H18N4O/c1-8(10(15)11-3)12-4-6-14-7-5-13-9(14)2/h5,7-8,12H,4,6H2,1-3H3,(H,11,15). The molecule has 0 aliphatic heterocycles. The molecule has 0 saturated heterocycles. The summed E-state index contributed by atoms with van der Waals surface area (Å²) in [5.41, 5.74) is 0. The number of nitrogens with one attached hydrogen (secondary N) is 2. The first-order valence-corrected chi connectivity index (χ1v) is 5.08. The predicted octanol–water partition coefficient (Wildman–Crippen LogP) is -0.0844. The number of likely N-dealkylation sites (N-methyl/N-ethyl adjacent to an activating group) is 1. The van der Waals surface area contributed by atoms with E-state index in [2.05, 4.69) is 15.6 Å². The van der Waals surface area contributed by atoms with Crippen LogP contribution in [-0.4, -0.2) is 35.1 Å². The second kappa shape index (κ2) is 5.50. The molecule has 1 amide bonds. The van der Waals surface area contributed by atoms with E-state index in [-0.39, 0.29) is 11.9 Å². The lowest BCUT2D eigenvalue weighted by Gasteiger charge is -2.12. The van der Waals surface area contributed by atoms with Crippen molar-refractivity contribution in [2.75, 3.05) is 13.6 Å². The van der Waals surface area contributed by atoms with E-state index in [1.165, 1.54) is 0 Å². The van der Waals surface area contributed by atoms with Crippen molar-refractivity contribution in [1.82, 2.24) is 20.2 Å². The van der Waals surface area contributed by atoms with E-state index in [1.807, 2.05) is 24.6 Å². The van der Waals surface area contributed by atoms with Gasteiger partial charge in [0.15, 0.2) is 0 Å². The first kappa shape index (κ1) is 11.7. The Labute approximate surface area is 89.9 Å². The van der Waals surface area contributed by atoms with Crippen molar-refractivity contribution >= 4 is 5.91 Å². The van der Waals surface area contributed by atoms with Crippen molar-refractivity contribution in [1.29, 1.82) is 0 Å². The lowest BCUT2D eigenvalue weighted by molar-refractivity contribution is -0.122. The highest BCUT2D eigenvalue weighted by atomic mass is 16.2. The third-order valence-corrected chi connectivity index (χ3v) is 2.37. The summed E-state index contributed by atoms with van der Waals surface area (Å²) in [6, 6.07) is -0.154. The number of hydrogen-bond acceptors (Lipinski definition) is 3. The van der Waals surface area contributed by atoms with Crippen LogP contribution in [-0.2, 0) is 11.3 Å². The number of amides is 1. The number of carbonyl (C=O) groups is 1. The molecule has 1 unspecified atom stereocenters. The molecule has 84 valence electrons. The van der Waals surface area contributed by atoms with Crippen LogP contribution in [0.4, 0.5) is 0 Å². The molecule has 0 radical (unpaired) electrons. The minimum absolute atomic E-state index is 0.0114. The Bertz CT molecular complexity index is 321. The normalized spacial score (nSPS) is 12.5. The Morgan fingerprint density at radius 2 is 2.40 bits per heavy atom. The van der Waals surface area contributed by atoms with Gasteiger partial charge in [-0.05, 0) is 13.8 Å². The van der Waals surface area contributed by atoms with Crippen molar-refractivity contribution in [2.45, 2.75) is 26.4 Å². The maximum Gasteiger partial charge on any atom is 0.236 e. The van der Waals surface area contributed by atoms with Gasteiger partial charge in [0.1, 0.15) is 5.82 Å². The summed E-state index contributed by atoms with van der Waals surface area (Å²) < 4.78 is 2.05. The van der Waals surface area contributed by atoms with Crippen LogP contribution < -0.4 is 10.6 Å². The van der Waals surface area contributed by atoms with E-state index in [0.29, 0.717) is 0 Å². The summed E-state index contributed by atoms with van der Waals surface area (Å²) in [5.74, 6) is 1.00. The third kappa shape index (κ3) is 3.36. The van der Waals surface area contributed by atoms with E-state index in [0.717, 1.165) is 18.9 Å². The SMILES string of the molecule is CNC(=O)C(C)NCCn1ccnc1C. The van der Waals surface area contributed by atoms with Gasteiger partial charge in [-0.3, -0.25) is 4.79 Å². The largest absolute Gasteiger partial charge is 0.358 e. The van der Waals surface area contributed by atoms with E-state index in [4.69, 9.17) is 0 Å². The molecule has 5 heteroatoms. The second-order valence-electron chi connectivity index (χ2n) is 3.46. The smallest absolute Gasteiger partial charge is 0.236 e. The van der Waals surface area contributed by atoms with Crippen LogP contribution in [0.2, 0.25) is 0 Å². The van der Waals surface area contributed by atoms with Crippen molar-refractivity contribution in [3.05, 3.63) is 18.2 Å². The van der Waals surface area contributed by atoms with Crippen molar-refractivity contribution in [3.63, 3.8) is 0 Å². The molecule has 1 rings (SSSR count). The number of rotatable bonds is 5. The highest BCUT2D eigenvalue weighted by Gasteiger charge is 2.08. The molecule has 0 aliphatic carbocycles. The van der Waals surface area contributed by atoms with Crippen LogP contribution in [0.5, 0.6) is 0 Å². The van der Waals surface area contributed by atoms with Gasteiger partial charge < -0.3 is 15.2 Å². The molecule has 1 aromatic rings. The van der Waals surface area contributed by atoms with Crippen LogP contribution in [0.25, 0.3) is 0 Å². The highest BCUT2D eigenvalue weighted by molar-refractivity contribution is 5.80. The summed E-state index contributed by atoms with van der Waals surface area (Å²) >= 11 is 0. The Balaban J connectivity index is 2.28. The molecule has 0 spiro atoms. The molecular weight excluding hydrogens is 192 g/mol. The Morgan fingerprint density at radius 1 is 1.67 bits per heavy atom. The molecular formula is C10H18N4O. The summed E-state index contributed by atoms with van der Waals surface area (Å²) in [4.78, 5) is 15.3. The third-order valence-electron chi connectivity index (χ3n) is 2.37. The number of aryl methyl sites for hydroxylation is 1. The van der Waals surface area contributed by atoms with Gasteiger partial charge in [-0.1, -0.05) is 0 Å². The van der Waals surface area contributed by atoms with E-state index in [9.17, 15) is 4.79 Å². The van der Waals surface area contributed by atoms with Gasteiger partial charge in [-0.2, -0.15) is 0 Å². The minimum atomic E-state index is -0.154. The number of carbonyl (C=O) groups excluding carboxylic acids is 1. The summed E-state index contributed by atoms with van der Waals surface area (Å²) in [6.07, 6.45) is 3.71. The van der Waals surface area contributed by atoms with Gasteiger partial charge in [0, 0.05) is 32.5 Å². The monoisotopic (exact) mass is 210 g/mol. The zero-order valence-corrected chi connectivity index (χ0v) is 9.45. The first-order valence-electron chi connectivity index (χ1n) is 5.08. The van der Waals surface area contributed by atoms with E-state index in [1.54, 1.807) is 13.2 Å². The van der Waals surface area contributed by atoms with Gasteiger partial charge in [0.25, 0.3) is 0 Å². The van der Waals surface area contributed by atoms with Gasteiger partial charge in [-0.25, -0.2) is 4.98 Å². The summed E-state index contributed by atoms with van der Waals surface area (Å²) in [5, 5.41) is 5.74. The molecule has 0 bridgehead atoms. The molecule has 1 heterocycles. The zero-order chi connectivity index (χ0) is 11.3. The van der Waals surface area contributed by atoms with Gasteiger partial charge >= 0.3 is 0 Å². The van der Waals surface area contributed by atoms with Crippen molar-refractivity contribution < 1.29 is 4.79 Å². The van der Waals surface area contributed by atoms with Crippen LogP contribution in [0.3, 0.4) is 0 Å². The number of nitrogens with zero attached hydrogens (tertiary/aromatic N) is 2. The van der Waals surface area contributed by atoms with Gasteiger partial charge in [-0.15, -0.1) is 0 Å². The quantitative estimate of drug-likeness (QED) is 0.714. The van der Waals surface area contributed by atoms with Crippen molar-refractivity contribution in [3.8, 4) is 0 Å². The fourth-order valence-electron chi connectivity index (χ4n) is 1.35. The zero-order valence-electron chi connectivity index (χ0n) is 9.45. The molecule has 0 aliphatic rings. The Hall–Kier alpha value is -1.36. The average Bonchev–Trinajstić information content (AvgIpc) is 2.63. The fourth-order valence-corrected chi connectivity index (χ4v) is 1.35. The summed E-state index contributed by atoms with van der Waals surface area (Å²) in [6.45, 7) is 5.39. The second-order valence-corrected chi connectivity index (χ2v) is 3.46. The van der Waals surface area contributed by atoms with Gasteiger partial charge in [0.2, 0.25) is 5.91 Å². The van der Waals surface area contributed by atoms with Gasteiger partial charge in [0.05, 0.1) is 6.04 Å². The Morgan fingerprint density at radius 3 is 2.93 bits per heavy atom. The summed E-state index contributed by atoms with van der Waals surface area (Å²) in [7, 11) is 1.64. The average molecular weight is 210 g/mol. The molecule has 1 aromatic heterocycles. The predicted molar refractivity (Wildman–Crippen MR) is 58.5 cm³/mol. The highest BCUT2D eigenvalue weighted by Crippen LogP contribution is 1.93. The molecule has 5 nitrogen and oxygen atoms in total. The maximum absolute atomic E-state index is 11.2. The fraction of sp³-hybridized carbons (Fsp3) is 0.600. The number of hydrogen-bond donors (Lipinski definition) is 2. The van der Waals surface area contributed by atoms with E-state index < -0.39 is 0 Å². The molecule has 1 atom stereocenters. The number of imidazole rings is 1. The van der Waals surface area contributed by atoms with Crippen LogP contribution >= 0.6 is 0 Å². The van der Waals surface area contributed by atoms with Crippen molar-refractivity contribution in [2.24, 2.45) is 0 Å². The van der Waals surface area contributed by atoms with Crippen LogP contribution in [0, 0.1) is 6.92 Å². The Kier molecular flexibility index (Phi) is 4.30. The maximum atomic E-state index is 11.2. The molecule has 2 N–H and O–H groups in total. The van der Waals surface area contributed by atoms with Crippen LogP contribution in [0.15, 0.2) is 12.4 Å². The lowest BCUT2D eigenvalue weighted by atomic mass is 10.3. The number of aromatic nitrogens is 2. The molecule has 0 saturated carbocycles. The molecule has 15 heavy (non-hydrogen) atoms. The lowest BCUT2D eigenvalue weighted by Crippen LogP contribution is -2.41. The van der Waals surface area contributed by atoms with E-state index >= 15 is 0 Å². The van der Waals surface area contributed by atoms with Crippen LogP contribution in [0.1, 0.15) is 12.7 Å².